The molecule has 1 N–H and O–H groups in total. The zero-order valence-corrected chi connectivity index (χ0v) is 15.2. The average Bonchev–Trinajstić information content (AvgIpc) is 3.07. The Morgan fingerprint density at radius 2 is 1.75 bits per heavy atom. The van der Waals surface area contributed by atoms with Crippen molar-refractivity contribution < 1.29 is 9.90 Å². The first-order chi connectivity index (χ1) is 11.3. The summed E-state index contributed by atoms with van der Waals surface area (Å²) in [5, 5.41) is 9.42. The van der Waals surface area contributed by atoms with Gasteiger partial charge in [-0.2, -0.15) is 0 Å². The Morgan fingerprint density at radius 3 is 2.29 bits per heavy atom. The first kappa shape index (κ1) is 17.1. The number of benzene rings is 1. The SMILES string of the molecule is CC(C)=C[C@H]1[C@@H](C(=O)N2CCC(c3ccc(O)cc3)CC2)C1(C)C. The van der Waals surface area contributed by atoms with Gasteiger partial charge in [0.05, 0.1) is 5.92 Å². The molecular weight excluding hydrogens is 298 g/mol. The number of rotatable bonds is 3. The van der Waals surface area contributed by atoms with Crippen molar-refractivity contribution >= 4 is 5.91 Å². The van der Waals surface area contributed by atoms with Gasteiger partial charge in [0, 0.05) is 13.1 Å². The number of piperidine rings is 1. The monoisotopic (exact) mass is 327 g/mol. The molecule has 3 nitrogen and oxygen atoms in total. The molecule has 0 radical (unpaired) electrons. The Hall–Kier alpha value is -1.77. The van der Waals surface area contributed by atoms with E-state index in [9.17, 15) is 9.90 Å². The second kappa shape index (κ2) is 6.27. The van der Waals surface area contributed by atoms with Crippen LogP contribution in [0.4, 0.5) is 0 Å². The van der Waals surface area contributed by atoms with E-state index < -0.39 is 0 Å². The van der Waals surface area contributed by atoms with Gasteiger partial charge in [0.25, 0.3) is 0 Å². The summed E-state index contributed by atoms with van der Waals surface area (Å²) in [6, 6.07) is 7.52. The highest BCUT2D eigenvalue weighted by Gasteiger charge is 2.61. The fourth-order valence-corrected chi connectivity index (χ4v) is 4.20. The number of phenols is 1. The molecule has 3 rings (SSSR count). The third-order valence-corrected chi connectivity index (χ3v) is 5.86. The largest absolute Gasteiger partial charge is 0.508 e. The van der Waals surface area contributed by atoms with Crippen molar-refractivity contribution in [3.8, 4) is 5.75 Å². The van der Waals surface area contributed by atoms with Gasteiger partial charge in [0.15, 0.2) is 0 Å². The number of likely N-dealkylation sites (tertiary alicyclic amines) is 1. The predicted octanol–water partition coefficient (Wildman–Crippen LogP) is 4.34. The van der Waals surface area contributed by atoms with Crippen LogP contribution in [0.3, 0.4) is 0 Å². The molecule has 1 saturated carbocycles. The van der Waals surface area contributed by atoms with Crippen molar-refractivity contribution in [2.24, 2.45) is 17.3 Å². The first-order valence-electron chi connectivity index (χ1n) is 9.03. The molecule has 1 aliphatic heterocycles. The van der Waals surface area contributed by atoms with Crippen LogP contribution < -0.4 is 0 Å². The summed E-state index contributed by atoms with van der Waals surface area (Å²) in [5.41, 5.74) is 2.67. The van der Waals surface area contributed by atoms with Crippen LogP contribution in [0.2, 0.25) is 0 Å². The lowest BCUT2D eigenvalue weighted by atomic mass is 9.89. The Labute approximate surface area is 145 Å². The number of hydrogen-bond donors (Lipinski definition) is 1. The minimum Gasteiger partial charge on any atom is -0.508 e. The number of amides is 1. The Morgan fingerprint density at radius 1 is 1.17 bits per heavy atom. The van der Waals surface area contributed by atoms with Crippen LogP contribution in [0.25, 0.3) is 0 Å². The fraction of sp³-hybridized carbons (Fsp3) is 0.571. The molecule has 2 aliphatic rings. The van der Waals surface area contributed by atoms with E-state index >= 15 is 0 Å². The number of phenolic OH excluding ortho intramolecular Hbond substituents is 1. The maximum atomic E-state index is 12.9. The Bertz CT molecular complexity index is 632. The number of hydrogen-bond acceptors (Lipinski definition) is 2. The maximum absolute atomic E-state index is 12.9. The van der Waals surface area contributed by atoms with Crippen molar-refractivity contribution in [2.75, 3.05) is 13.1 Å². The molecule has 0 unspecified atom stereocenters. The number of allylic oxidation sites excluding steroid dienone is 2. The predicted molar refractivity (Wildman–Crippen MR) is 96.9 cm³/mol. The smallest absolute Gasteiger partial charge is 0.226 e. The summed E-state index contributed by atoms with van der Waals surface area (Å²) >= 11 is 0. The second-order valence-corrected chi connectivity index (χ2v) is 8.26. The molecule has 2 atom stereocenters. The van der Waals surface area contributed by atoms with Crippen LogP contribution in [0.5, 0.6) is 5.75 Å². The molecule has 1 aromatic rings. The van der Waals surface area contributed by atoms with Gasteiger partial charge in [-0.1, -0.05) is 37.6 Å². The highest BCUT2D eigenvalue weighted by molar-refractivity contribution is 5.84. The average molecular weight is 327 g/mol. The van der Waals surface area contributed by atoms with E-state index in [4.69, 9.17) is 0 Å². The third kappa shape index (κ3) is 3.22. The van der Waals surface area contributed by atoms with Crippen LogP contribution in [-0.2, 0) is 4.79 Å². The molecular formula is C21H29NO2. The highest BCUT2D eigenvalue weighted by Crippen LogP contribution is 2.60. The van der Waals surface area contributed by atoms with Crippen LogP contribution in [0.15, 0.2) is 35.9 Å². The fourth-order valence-electron chi connectivity index (χ4n) is 4.20. The lowest BCUT2D eigenvalue weighted by Crippen LogP contribution is -2.39. The second-order valence-electron chi connectivity index (χ2n) is 8.26. The summed E-state index contributed by atoms with van der Waals surface area (Å²) in [5.74, 6) is 1.69. The van der Waals surface area contributed by atoms with E-state index in [1.807, 2.05) is 12.1 Å². The van der Waals surface area contributed by atoms with E-state index in [-0.39, 0.29) is 11.3 Å². The lowest BCUT2D eigenvalue weighted by molar-refractivity contribution is -0.134. The van der Waals surface area contributed by atoms with Crippen LogP contribution >= 0.6 is 0 Å². The van der Waals surface area contributed by atoms with Gasteiger partial charge in [0.2, 0.25) is 5.91 Å². The first-order valence-corrected chi connectivity index (χ1v) is 9.03. The van der Waals surface area contributed by atoms with Gasteiger partial charge >= 0.3 is 0 Å². The molecule has 130 valence electrons. The van der Waals surface area contributed by atoms with Crippen molar-refractivity contribution in [3.63, 3.8) is 0 Å². The molecule has 1 aliphatic carbocycles. The van der Waals surface area contributed by atoms with Gasteiger partial charge in [0.1, 0.15) is 5.75 Å². The van der Waals surface area contributed by atoms with E-state index in [0.717, 1.165) is 25.9 Å². The van der Waals surface area contributed by atoms with E-state index in [1.165, 1.54) is 11.1 Å². The normalized spacial score (nSPS) is 26.1. The summed E-state index contributed by atoms with van der Waals surface area (Å²) < 4.78 is 0. The molecule has 1 heterocycles. The molecule has 24 heavy (non-hydrogen) atoms. The van der Waals surface area contributed by atoms with Crippen molar-refractivity contribution in [3.05, 3.63) is 41.5 Å². The number of aromatic hydroxyl groups is 1. The topological polar surface area (TPSA) is 40.5 Å². The zero-order valence-electron chi connectivity index (χ0n) is 15.2. The van der Waals surface area contributed by atoms with Gasteiger partial charge in [-0.25, -0.2) is 0 Å². The van der Waals surface area contributed by atoms with Crippen LogP contribution in [0, 0.1) is 17.3 Å². The molecule has 1 aromatic carbocycles. The van der Waals surface area contributed by atoms with Gasteiger partial charge in [-0.15, -0.1) is 0 Å². The van der Waals surface area contributed by atoms with Crippen molar-refractivity contribution in [2.45, 2.75) is 46.5 Å². The van der Waals surface area contributed by atoms with Gasteiger partial charge < -0.3 is 10.0 Å². The quantitative estimate of drug-likeness (QED) is 0.839. The van der Waals surface area contributed by atoms with Crippen LogP contribution in [-0.4, -0.2) is 29.0 Å². The Balaban J connectivity index is 1.60. The van der Waals surface area contributed by atoms with Crippen molar-refractivity contribution in [1.29, 1.82) is 0 Å². The Kier molecular flexibility index (Phi) is 4.46. The number of nitrogens with zero attached hydrogens (tertiary/aromatic N) is 1. The molecule has 1 saturated heterocycles. The number of carbonyl (C=O) groups is 1. The summed E-state index contributed by atoms with van der Waals surface area (Å²) in [7, 11) is 0. The summed E-state index contributed by atoms with van der Waals surface area (Å²) in [4.78, 5) is 15.0. The van der Waals surface area contributed by atoms with Crippen LogP contribution in [0.1, 0.15) is 52.0 Å². The standard InChI is InChI=1S/C21H29NO2/c1-14(2)13-18-19(21(18,3)4)20(24)22-11-9-16(10-12-22)15-5-7-17(23)8-6-15/h5-8,13,16,18-19,23H,9-12H2,1-4H3/t18-,19-/m0/s1. The molecule has 1 amide bonds. The lowest BCUT2D eigenvalue weighted by Gasteiger charge is -2.32. The summed E-state index contributed by atoms with van der Waals surface area (Å²) in [6.45, 7) is 10.3. The summed E-state index contributed by atoms with van der Waals surface area (Å²) in [6.07, 6.45) is 4.29. The number of carbonyl (C=O) groups excluding carboxylic acids is 1. The molecule has 0 aromatic heterocycles. The third-order valence-electron chi connectivity index (χ3n) is 5.86. The maximum Gasteiger partial charge on any atom is 0.226 e. The molecule has 3 heteroatoms. The molecule has 2 fully saturated rings. The molecule has 0 spiro atoms. The van der Waals surface area contributed by atoms with E-state index in [0.29, 0.717) is 23.5 Å². The minimum atomic E-state index is 0.0994. The minimum absolute atomic E-state index is 0.0994. The zero-order chi connectivity index (χ0) is 17.5. The van der Waals surface area contributed by atoms with Crippen molar-refractivity contribution in [1.82, 2.24) is 4.90 Å². The molecule has 0 bridgehead atoms. The van der Waals surface area contributed by atoms with E-state index in [1.54, 1.807) is 12.1 Å². The highest BCUT2D eigenvalue weighted by atomic mass is 16.3. The van der Waals surface area contributed by atoms with E-state index in [2.05, 4.69) is 38.7 Å². The van der Waals surface area contributed by atoms with Gasteiger partial charge in [-0.05, 0) is 61.6 Å². The van der Waals surface area contributed by atoms with Gasteiger partial charge in [-0.3, -0.25) is 4.79 Å².